The molecule has 1 unspecified atom stereocenters. The van der Waals surface area contributed by atoms with E-state index in [0.29, 0.717) is 18.1 Å². The number of ether oxygens (including phenoxy) is 1. The molecule has 0 aliphatic carbocycles. The average molecular weight is 256 g/mol. The van der Waals surface area contributed by atoms with Crippen molar-refractivity contribution in [1.29, 1.82) is 0 Å². The molecule has 0 bridgehead atoms. The van der Waals surface area contributed by atoms with Crippen LogP contribution in [0.5, 0.6) is 0 Å². The number of nitrogens with one attached hydrogen (secondary N) is 1. The van der Waals surface area contributed by atoms with Gasteiger partial charge in [0.1, 0.15) is 0 Å². The summed E-state index contributed by atoms with van der Waals surface area (Å²) in [6, 6.07) is 6.98. The van der Waals surface area contributed by atoms with Gasteiger partial charge in [-0.2, -0.15) is 0 Å². The van der Waals surface area contributed by atoms with Gasteiger partial charge < -0.3 is 15.2 Å². The maximum atomic E-state index is 11.4. The molecule has 0 spiro atoms. The van der Waals surface area contributed by atoms with Gasteiger partial charge in [-0.3, -0.25) is 0 Å². The summed E-state index contributed by atoms with van der Waals surface area (Å²) in [7, 11) is 0. The van der Waals surface area contributed by atoms with Crippen LogP contribution in [-0.4, -0.2) is 29.8 Å². The van der Waals surface area contributed by atoms with Crippen LogP contribution in [0, 0.1) is 0 Å². The number of benzene rings is 1. The minimum absolute atomic E-state index is 0.185. The number of carbonyl (C=O) groups is 1. The van der Waals surface area contributed by atoms with Gasteiger partial charge in [0.2, 0.25) is 0 Å². The fourth-order valence-corrected chi connectivity index (χ4v) is 2.05. The summed E-state index contributed by atoms with van der Waals surface area (Å²) in [5.74, 6) is -0.882. The molecule has 0 radical (unpaired) electrons. The molecule has 1 aliphatic heterocycles. The summed E-state index contributed by atoms with van der Waals surface area (Å²) in [4.78, 5) is 11.4. The Balaban J connectivity index is 2.17. The molecule has 2 rings (SSSR count). The normalized spacial score (nSPS) is 24.3. The van der Waals surface area contributed by atoms with Gasteiger partial charge in [-0.05, 0) is 37.1 Å². The molecule has 1 aromatic rings. The summed E-state index contributed by atoms with van der Waals surface area (Å²) < 4.78 is 5.27. The quantitative estimate of drug-likeness (QED) is 0.871. The van der Waals surface area contributed by atoms with Crippen molar-refractivity contribution >= 4 is 23.3 Å². The third kappa shape index (κ3) is 2.70. The van der Waals surface area contributed by atoms with Gasteiger partial charge >= 0.3 is 5.97 Å². The number of hydrogen-bond donors (Lipinski definition) is 2. The van der Waals surface area contributed by atoms with Gasteiger partial charge in [0.15, 0.2) is 5.54 Å². The monoisotopic (exact) mass is 255 g/mol. The number of anilines is 1. The second-order valence-corrected chi connectivity index (χ2v) is 4.61. The van der Waals surface area contributed by atoms with E-state index in [1.807, 2.05) is 0 Å². The Labute approximate surface area is 105 Å². The second kappa shape index (κ2) is 4.94. The van der Waals surface area contributed by atoms with Crippen LogP contribution < -0.4 is 5.32 Å². The van der Waals surface area contributed by atoms with Crippen molar-refractivity contribution in [2.45, 2.75) is 18.4 Å². The zero-order valence-electron chi connectivity index (χ0n) is 9.28. The van der Waals surface area contributed by atoms with Crippen molar-refractivity contribution in [3.8, 4) is 0 Å². The molecule has 2 N–H and O–H groups in total. The van der Waals surface area contributed by atoms with Crippen LogP contribution in [0.15, 0.2) is 24.3 Å². The first kappa shape index (κ1) is 12.2. The molecular formula is C12H14ClNO3. The number of aliphatic carboxylic acids is 1. The number of carboxylic acid groups (broad SMARTS) is 1. The van der Waals surface area contributed by atoms with E-state index < -0.39 is 11.5 Å². The highest BCUT2D eigenvalue weighted by Gasteiger charge is 2.40. The fourth-order valence-electron chi connectivity index (χ4n) is 1.92. The Bertz CT molecular complexity index is 399. The van der Waals surface area contributed by atoms with Crippen LogP contribution in [0.1, 0.15) is 12.8 Å². The zero-order chi connectivity index (χ0) is 12.3. The summed E-state index contributed by atoms with van der Waals surface area (Å²) in [5, 5.41) is 13.0. The number of halogens is 1. The Morgan fingerprint density at radius 2 is 2.12 bits per heavy atom. The molecule has 0 saturated carbocycles. The first-order valence-electron chi connectivity index (χ1n) is 5.47. The van der Waals surface area contributed by atoms with Crippen molar-refractivity contribution in [3.05, 3.63) is 29.3 Å². The molecule has 1 atom stereocenters. The van der Waals surface area contributed by atoms with E-state index in [0.717, 1.165) is 12.1 Å². The molecule has 5 heteroatoms. The number of rotatable bonds is 3. The highest BCUT2D eigenvalue weighted by atomic mass is 35.5. The average Bonchev–Trinajstić information content (AvgIpc) is 2.33. The Morgan fingerprint density at radius 3 is 2.65 bits per heavy atom. The van der Waals surface area contributed by atoms with Crippen molar-refractivity contribution in [2.24, 2.45) is 0 Å². The summed E-state index contributed by atoms with van der Waals surface area (Å²) in [5.41, 5.74) is -0.284. The smallest absolute Gasteiger partial charge is 0.331 e. The van der Waals surface area contributed by atoms with E-state index in [1.54, 1.807) is 24.3 Å². The van der Waals surface area contributed by atoms with Gasteiger partial charge in [0.25, 0.3) is 0 Å². The molecule has 1 aromatic carbocycles. The van der Waals surface area contributed by atoms with E-state index >= 15 is 0 Å². The van der Waals surface area contributed by atoms with E-state index in [-0.39, 0.29) is 6.61 Å². The van der Waals surface area contributed by atoms with E-state index in [1.165, 1.54) is 0 Å². The first-order valence-corrected chi connectivity index (χ1v) is 5.85. The van der Waals surface area contributed by atoms with Crippen LogP contribution in [-0.2, 0) is 9.53 Å². The lowest BCUT2D eigenvalue weighted by Gasteiger charge is -2.34. The first-order chi connectivity index (χ1) is 8.12. The SMILES string of the molecule is O=C(O)C1(Nc2ccc(Cl)cc2)CCCOC1. The van der Waals surface area contributed by atoms with Crippen LogP contribution in [0.4, 0.5) is 5.69 Å². The van der Waals surface area contributed by atoms with Gasteiger partial charge in [0, 0.05) is 17.3 Å². The number of hydrogen-bond acceptors (Lipinski definition) is 3. The molecule has 0 amide bonds. The van der Waals surface area contributed by atoms with E-state index in [9.17, 15) is 9.90 Å². The Morgan fingerprint density at radius 1 is 1.41 bits per heavy atom. The lowest BCUT2D eigenvalue weighted by atomic mass is 9.92. The van der Waals surface area contributed by atoms with Gasteiger partial charge in [0.05, 0.1) is 6.61 Å². The summed E-state index contributed by atoms with van der Waals surface area (Å²) >= 11 is 5.78. The molecular weight excluding hydrogens is 242 g/mol. The van der Waals surface area contributed by atoms with Crippen molar-refractivity contribution in [3.63, 3.8) is 0 Å². The fraction of sp³-hybridized carbons (Fsp3) is 0.417. The van der Waals surface area contributed by atoms with E-state index in [2.05, 4.69) is 5.32 Å². The van der Waals surface area contributed by atoms with Crippen LogP contribution in [0.2, 0.25) is 5.02 Å². The predicted octanol–water partition coefficient (Wildman–Crippen LogP) is 2.39. The molecule has 1 saturated heterocycles. The van der Waals surface area contributed by atoms with E-state index in [4.69, 9.17) is 16.3 Å². The molecule has 1 aliphatic rings. The summed E-state index contributed by atoms with van der Waals surface area (Å²) in [6.45, 7) is 0.808. The number of carboxylic acids is 1. The highest BCUT2D eigenvalue weighted by Crippen LogP contribution is 2.25. The molecule has 0 aromatic heterocycles. The highest BCUT2D eigenvalue weighted by molar-refractivity contribution is 6.30. The topological polar surface area (TPSA) is 58.6 Å². The lowest BCUT2D eigenvalue weighted by molar-refractivity contribution is -0.146. The van der Waals surface area contributed by atoms with Gasteiger partial charge in [-0.1, -0.05) is 11.6 Å². The molecule has 4 nitrogen and oxygen atoms in total. The van der Waals surface area contributed by atoms with Crippen molar-refractivity contribution in [2.75, 3.05) is 18.5 Å². The lowest BCUT2D eigenvalue weighted by Crippen LogP contribution is -2.52. The van der Waals surface area contributed by atoms with Gasteiger partial charge in [-0.25, -0.2) is 4.79 Å². The Hall–Kier alpha value is -1.26. The largest absolute Gasteiger partial charge is 0.479 e. The third-order valence-electron chi connectivity index (χ3n) is 2.88. The second-order valence-electron chi connectivity index (χ2n) is 4.18. The van der Waals surface area contributed by atoms with Crippen molar-refractivity contribution < 1.29 is 14.6 Å². The van der Waals surface area contributed by atoms with Crippen LogP contribution in [0.3, 0.4) is 0 Å². The molecule has 1 fully saturated rings. The minimum atomic E-state index is -1.02. The summed E-state index contributed by atoms with van der Waals surface area (Å²) in [6.07, 6.45) is 1.30. The molecule has 1 heterocycles. The standard InChI is InChI=1S/C12H14ClNO3/c13-9-2-4-10(5-3-9)14-12(11(15)16)6-1-7-17-8-12/h2-5,14H,1,6-8H2,(H,15,16). The maximum absolute atomic E-state index is 11.4. The van der Waals surface area contributed by atoms with Crippen LogP contribution >= 0.6 is 11.6 Å². The minimum Gasteiger partial charge on any atom is -0.479 e. The third-order valence-corrected chi connectivity index (χ3v) is 3.13. The van der Waals surface area contributed by atoms with Crippen LogP contribution in [0.25, 0.3) is 0 Å². The van der Waals surface area contributed by atoms with Gasteiger partial charge in [-0.15, -0.1) is 0 Å². The molecule has 92 valence electrons. The zero-order valence-corrected chi connectivity index (χ0v) is 10.0. The maximum Gasteiger partial charge on any atom is 0.331 e. The molecule has 17 heavy (non-hydrogen) atoms. The predicted molar refractivity (Wildman–Crippen MR) is 65.5 cm³/mol. The Kier molecular flexibility index (Phi) is 3.54. The van der Waals surface area contributed by atoms with Crippen molar-refractivity contribution in [1.82, 2.24) is 0 Å².